The van der Waals surface area contributed by atoms with Crippen LogP contribution in [-0.4, -0.2) is 11.2 Å². The predicted octanol–water partition coefficient (Wildman–Crippen LogP) is 6.41. The van der Waals surface area contributed by atoms with Crippen molar-refractivity contribution in [3.8, 4) is 0 Å². The molecule has 0 amide bonds. The highest BCUT2D eigenvalue weighted by atomic mass is 16.7. The van der Waals surface area contributed by atoms with Gasteiger partial charge >= 0.3 is 0 Å². The van der Waals surface area contributed by atoms with E-state index in [1.54, 1.807) is 0 Å². The summed E-state index contributed by atoms with van der Waals surface area (Å²) in [5.41, 5.74) is 0.829. The molecule has 3 aliphatic rings. The Hall–Kier alpha value is -0.860. The molecule has 138 valence electrons. The quantitative estimate of drug-likeness (QED) is 0.632. The van der Waals surface area contributed by atoms with Gasteiger partial charge in [0.2, 0.25) is 0 Å². The number of benzene rings is 1. The maximum Gasteiger partial charge on any atom is 0.185 e. The van der Waals surface area contributed by atoms with E-state index in [0.717, 1.165) is 0 Å². The lowest BCUT2D eigenvalue weighted by Crippen LogP contribution is -2.57. The number of ether oxygens (including phenoxy) is 2. The van der Waals surface area contributed by atoms with Gasteiger partial charge in [0.15, 0.2) is 6.29 Å². The molecule has 1 heterocycles. The second-order valence-electron chi connectivity index (χ2n) is 8.86. The summed E-state index contributed by atoms with van der Waals surface area (Å²) in [5.74, 6) is 1.25. The number of hydrogen-bond acceptors (Lipinski definition) is 2. The molecule has 4 rings (SSSR count). The zero-order valence-electron chi connectivity index (χ0n) is 16.0. The first kappa shape index (κ1) is 17.5. The minimum Gasteiger partial charge on any atom is -0.339 e. The fraction of sp³-hybridized carbons (Fsp3) is 0.739. The van der Waals surface area contributed by atoms with Crippen LogP contribution in [-0.2, 0) is 9.47 Å². The molecule has 2 nitrogen and oxygen atoms in total. The summed E-state index contributed by atoms with van der Waals surface area (Å²) in [6.07, 6.45) is 13.1. The first-order valence-electron chi connectivity index (χ1n) is 10.5. The third kappa shape index (κ3) is 3.06. The normalized spacial score (nSPS) is 38.1. The minimum atomic E-state index is -0.208. The lowest BCUT2D eigenvalue weighted by molar-refractivity contribution is -0.114. The van der Waals surface area contributed by atoms with E-state index < -0.39 is 0 Å². The van der Waals surface area contributed by atoms with E-state index in [2.05, 4.69) is 44.2 Å². The van der Waals surface area contributed by atoms with Crippen LogP contribution < -0.4 is 0 Å². The van der Waals surface area contributed by atoms with Gasteiger partial charge in [-0.3, -0.25) is 0 Å². The second kappa shape index (κ2) is 7.04. The van der Waals surface area contributed by atoms with Crippen LogP contribution in [0.4, 0.5) is 0 Å². The van der Waals surface area contributed by atoms with Crippen molar-refractivity contribution in [2.75, 3.05) is 0 Å². The van der Waals surface area contributed by atoms with Gasteiger partial charge in [0.05, 0.1) is 0 Å². The molecule has 0 N–H and O–H groups in total. The molecule has 0 bridgehead atoms. The number of rotatable bonds is 3. The van der Waals surface area contributed by atoms with Crippen molar-refractivity contribution in [3.63, 3.8) is 0 Å². The van der Waals surface area contributed by atoms with Gasteiger partial charge in [0.25, 0.3) is 0 Å². The summed E-state index contributed by atoms with van der Waals surface area (Å²) in [6.45, 7) is 4.75. The fourth-order valence-electron chi connectivity index (χ4n) is 5.76. The van der Waals surface area contributed by atoms with Crippen LogP contribution in [0.3, 0.4) is 0 Å². The van der Waals surface area contributed by atoms with Crippen molar-refractivity contribution in [1.82, 2.24) is 0 Å². The molecule has 25 heavy (non-hydrogen) atoms. The molecule has 0 radical (unpaired) electrons. The summed E-state index contributed by atoms with van der Waals surface area (Å²) in [4.78, 5) is 0. The lowest BCUT2D eigenvalue weighted by Gasteiger charge is -2.49. The summed E-state index contributed by atoms with van der Waals surface area (Å²) >= 11 is 0. The first-order valence-corrected chi connectivity index (χ1v) is 10.5. The molecule has 0 aromatic heterocycles. The zero-order chi connectivity index (χ0) is 17.3. The Morgan fingerprint density at radius 1 is 0.680 bits per heavy atom. The molecule has 0 spiro atoms. The van der Waals surface area contributed by atoms with E-state index >= 15 is 0 Å². The molecule has 1 unspecified atom stereocenters. The SMILES string of the molecule is C[C@@]1(C2CCCCC2)OC(c2ccccc2)O[C@]1(C)C1CCCCC1. The second-order valence-corrected chi connectivity index (χ2v) is 8.86. The van der Waals surface area contributed by atoms with E-state index in [9.17, 15) is 0 Å². The Morgan fingerprint density at radius 2 is 1.12 bits per heavy atom. The summed E-state index contributed by atoms with van der Waals surface area (Å²) in [5, 5.41) is 0. The fourth-order valence-corrected chi connectivity index (χ4v) is 5.76. The van der Waals surface area contributed by atoms with Crippen LogP contribution in [0.25, 0.3) is 0 Å². The lowest BCUT2D eigenvalue weighted by atomic mass is 9.63. The Kier molecular flexibility index (Phi) is 4.94. The maximum atomic E-state index is 6.82. The van der Waals surface area contributed by atoms with Crippen molar-refractivity contribution in [3.05, 3.63) is 35.9 Å². The third-order valence-electron chi connectivity index (χ3n) is 7.53. The summed E-state index contributed by atoms with van der Waals surface area (Å²) < 4.78 is 13.6. The van der Waals surface area contributed by atoms with Crippen molar-refractivity contribution in [2.45, 2.75) is 95.5 Å². The van der Waals surface area contributed by atoms with Gasteiger partial charge in [-0.2, -0.15) is 0 Å². The molecule has 2 saturated carbocycles. The summed E-state index contributed by atoms with van der Waals surface area (Å²) in [6, 6.07) is 10.6. The van der Waals surface area contributed by atoms with Gasteiger partial charge in [0.1, 0.15) is 11.2 Å². The molecule has 2 aliphatic carbocycles. The average molecular weight is 343 g/mol. The first-order chi connectivity index (χ1) is 12.1. The highest BCUT2D eigenvalue weighted by molar-refractivity contribution is 5.20. The Labute approximate surface area is 153 Å². The Bertz CT molecular complexity index is 527. The molecule has 3 atom stereocenters. The van der Waals surface area contributed by atoms with E-state index in [-0.39, 0.29) is 17.5 Å². The van der Waals surface area contributed by atoms with Crippen molar-refractivity contribution in [2.24, 2.45) is 11.8 Å². The predicted molar refractivity (Wildman–Crippen MR) is 101 cm³/mol. The zero-order valence-corrected chi connectivity index (χ0v) is 16.0. The summed E-state index contributed by atoms with van der Waals surface area (Å²) in [7, 11) is 0. The van der Waals surface area contributed by atoms with Gasteiger partial charge in [0, 0.05) is 5.56 Å². The third-order valence-corrected chi connectivity index (χ3v) is 7.53. The van der Waals surface area contributed by atoms with Gasteiger partial charge < -0.3 is 9.47 Å². The van der Waals surface area contributed by atoms with E-state index in [4.69, 9.17) is 9.47 Å². The molecule has 1 aliphatic heterocycles. The number of hydrogen-bond donors (Lipinski definition) is 0. The molecule has 1 aromatic rings. The molecular weight excluding hydrogens is 308 g/mol. The topological polar surface area (TPSA) is 18.5 Å². The van der Waals surface area contributed by atoms with Crippen LogP contribution in [0.2, 0.25) is 0 Å². The molecule has 1 saturated heterocycles. The standard InChI is InChI=1S/C23H34O2/c1-22(19-14-8-4-9-15-19)23(2,20-16-10-5-11-17-20)25-21(24-22)18-12-6-3-7-13-18/h3,6-7,12-13,19-21H,4-5,8-11,14-17H2,1-2H3/t21?,22-,23+. The highest BCUT2D eigenvalue weighted by Crippen LogP contribution is 2.57. The Morgan fingerprint density at radius 3 is 1.56 bits per heavy atom. The van der Waals surface area contributed by atoms with Crippen LogP contribution in [0.5, 0.6) is 0 Å². The monoisotopic (exact) mass is 342 g/mol. The minimum absolute atomic E-state index is 0.171. The molecule has 1 aromatic carbocycles. The van der Waals surface area contributed by atoms with Gasteiger partial charge in [-0.1, -0.05) is 68.9 Å². The molecule has 2 heteroatoms. The van der Waals surface area contributed by atoms with E-state index in [1.165, 1.54) is 69.8 Å². The maximum absolute atomic E-state index is 6.82. The van der Waals surface area contributed by atoms with Crippen LogP contribution in [0.15, 0.2) is 30.3 Å². The van der Waals surface area contributed by atoms with Crippen LogP contribution in [0.1, 0.15) is 89.9 Å². The molecular formula is C23H34O2. The Balaban J connectivity index is 1.67. The van der Waals surface area contributed by atoms with E-state index in [1.807, 2.05) is 0 Å². The largest absolute Gasteiger partial charge is 0.339 e. The van der Waals surface area contributed by atoms with Crippen molar-refractivity contribution >= 4 is 0 Å². The molecule has 3 fully saturated rings. The van der Waals surface area contributed by atoms with Crippen LogP contribution >= 0.6 is 0 Å². The average Bonchev–Trinajstić information content (AvgIpc) is 2.97. The van der Waals surface area contributed by atoms with Gasteiger partial charge in [-0.15, -0.1) is 0 Å². The van der Waals surface area contributed by atoms with Gasteiger partial charge in [-0.05, 0) is 51.4 Å². The van der Waals surface area contributed by atoms with E-state index in [0.29, 0.717) is 11.8 Å². The van der Waals surface area contributed by atoms with Crippen molar-refractivity contribution in [1.29, 1.82) is 0 Å². The van der Waals surface area contributed by atoms with Crippen molar-refractivity contribution < 1.29 is 9.47 Å². The van der Waals surface area contributed by atoms with Crippen LogP contribution in [0, 0.1) is 11.8 Å². The van der Waals surface area contributed by atoms with Gasteiger partial charge in [-0.25, -0.2) is 0 Å². The highest BCUT2D eigenvalue weighted by Gasteiger charge is 2.61. The smallest absolute Gasteiger partial charge is 0.185 e.